The molecule has 7 nitrogen and oxygen atoms in total. The largest absolute Gasteiger partial charge is 0.334 e. The Morgan fingerprint density at radius 1 is 1.39 bits per heavy atom. The summed E-state index contributed by atoms with van der Waals surface area (Å²) in [6.45, 7) is 1.88. The standard InChI is InChI=1S/C15H18N4O3.ClH/c1-2-10-5-6-11(9-12(10)19(20)21)13-17-14(18-22-13)15(16)7-3-4-8-15;/h5-6,9H,2-4,7-8,16H2,1H3;1H. The molecule has 1 aliphatic carbocycles. The number of benzene rings is 1. The topological polar surface area (TPSA) is 108 Å². The molecule has 0 unspecified atom stereocenters. The summed E-state index contributed by atoms with van der Waals surface area (Å²) in [4.78, 5) is 15.1. The van der Waals surface area contributed by atoms with Gasteiger partial charge < -0.3 is 10.3 Å². The molecule has 2 aromatic rings. The van der Waals surface area contributed by atoms with Gasteiger partial charge in [-0.2, -0.15) is 4.98 Å². The van der Waals surface area contributed by atoms with Crippen molar-refractivity contribution in [3.8, 4) is 11.5 Å². The van der Waals surface area contributed by atoms with Crippen molar-refractivity contribution in [1.29, 1.82) is 0 Å². The van der Waals surface area contributed by atoms with Crippen LogP contribution in [-0.2, 0) is 12.0 Å². The van der Waals surface area contributed by atoms with Crippen LogP contribution < -0.4 is 5.73 Å². The monoisotopic (exact) mass is 338 g/mol. The van der Waals surface area contributed by atoms with Crippen LogP contribution in [0.3, 0.4) is 0 Å². The Bertz CT molecular complexity index is 710. The fourth-order valence-electron chi connectivity index (χ4n) is 2.94. The first-order valence-electron chi connectivity index (χ1n) is 7.44. The molecule has 0 radical (unpaired) electrons. The summed E-state index contributed by atoms with van der Waals surface area (Å²) in [5.41, 5.74) is 7.07. The van der Waals surface area contributed by atoms with E-state index in [1.165, 1.54) is 6.07 Å². The van der Waals surface area contributed by atoms with Crippen LogP contribution in [0.15, 0.2) is 22.7 Å². The van der Waals surface area contributed by atoms with E-state index in [1.807, 2.05) is 6.92 Å². The number of nitro benzene ring substituents is 1. The van der Waals surface area contributed by atoms with Gasteiger partial charge in [0.2, 0.25) is 0 Å². The summed E-state index contributed by atoms with van der Waals surface area (Å²) in [5, 5.41) is 15.1. The predicted octanol–water partition coefficient (Wildman–Crippen LogP) is 3.36. The van der Waals surface area contributed by atoms with E-state index < -0.39 is 5.54 Å². The van der Waals surface area contributed by atoms with Crippen LogP contribution in [0.1, 0.15) is 44.0 Å². The van der Waals surface area contributed by atoms with Crippen LogP contribution in [0.2, 0.25) is 0 Å². The average Bonchev–Trinajstić information content (AvgIpc) is 3.16. The normalized spacial score (nSPS) is 16.1. The molecule has 124 valence electrons. The minimum absolute atomic E-state index is 0. The molecule has 0 atom stereocenters. The number of nitrogens with zero attached hydrogens (tertiary/aromatic N) is 3. The molecular weight excluding hydrogens is 320 g/mol. The zero-order valence-corrected chi connectivity index (χ0v) is 13.6. The zero-order chi connectivity index (χ0) is 15.7. The Labute approximate surface area is 139 Å². The lowest BCUT2D eigenvalue weighted by Gasteiger charge is -2.17. The lowest BCUT2D eigenvalue weighted by atomic mass is 9.98. The van der Waals surface area contributed by atoms with Crippen molar-refractivity contribution in [1.82, 2.24) is 10.1 Å². The van der Waals surface area contributed by atoms with Crippen molar-refractivity contribution in [2.75, 3.05) is 0 Å². The summed E-state index contributed by atoms with van der Waals surface area (Å²) < 4.78 is 5.27. The zero-order valence-electron chi connectivity index (χ0n) is 12.8. The SMILES string of the molecule is CCc1ccc(-c2nc(C3(N)CCCC3)no2)cc1[N+](=O)[O-].Cl. The third kappa shape index (κ3) is 3.20. The van der Waals surface area contributed by atoms with E-state index in [1.54, 1.807) is 12.1 Å². The molecule has 0 aliphatic heterocycles. The highest BCUT2D eigenvalue weighted by atomic mass is 35.5. The molecule has 0 saturated heterocycles. The molecule has 23 heavy (non-hydrogen) atoms. The molecule has 1 heterocycles. The van der Waals surface area contributed by atoms with Gasteiger partial charge in [-0.1, -0.05) is 31.0 Å². The minimum Gasteiger partial charge on any atom is -0.334 e. The van der Waals surface area contributed by atoms with Crippen LogP contribution in [0.25, 0.3) is 11.5 Å². The first-order valence-corrected chi connectivity index (χ1v) is 7.44. The summed E-state index contributed by atoms with van der Waals surface area (Å²) in [6, 6.07) is 4.97. The smallest absolute Gasteiger partial charge is 0.273 e. The maximum atomic E-state index is 11.1. The van der Waals surface area contributed by atoms with Gasteiger partial charge in [-0.3, -0.25) is 10.1 Å². The van der Waals surface area contributed by atoms with E-state index >= 15 is 0 Å². The van der Waals surface area contributed by atoms with Gasteiger partial charge in [0.1, 0.15) is 0 Å². The summed E-state index contributed by atoms with van der Waals surface area (Å²) in [7, 11) is 0. The van der Waals surface area contributed by atoms with Crippen molar-refractivity contribution in [2.45, 2.75) is 44.6 Å². The van der Waals surface area contributed by atoms with Crippen LogP contribution in [0, 0.1) is 10.1 Å². The highest BCUT2D eigenvalue weighted by Gasteiger charge is 2.36. The number of aryl methyl sites for hydroxylation is 1. The highest BCUT2D eigenvalue weighted by molar-refractivity contribution is 5.85. The van der Waals surface area contributed by atoms with Gasteiger partial charge in [-0.15, -0.1) is 12.4 Å². The Morgan fingerprint density at radius 2 is 2.09 bits per heavy atom. The van der Waals surface area contributed by atoms with Gasteiger partial charge in [0.05, 0.1) is 10.5 Å². The third-order valence-electron chi connectivity index (χ3n) is 4.28. The number of nitro groups is 1. The molecule has 1 fully saturated rings. The quantitative estimate of drug-likeness (QED) is 0.676. The van der Waals surface area contributed by atoms with Gasteiger partial charge in [-0.25, -0.2) is 0 Å². The summed E-state index contributed by atoms with van der Waals surface area (Å²) in [6.07, 6.45) is 4.37. The van der Waals surface area contributed by atoms with Crippen LogP contribution in [-0.4, -0.2) is 15.1 Å². The van der Waals surface area contributed by atoms with E-state index in [4.69, 9.17) is 10.3 Å². The molecule has 0 spiro atoms. The summed E-state index contributed by atoms with van der Waals surface area (Å²) in [5.74, 6) is 0.764. The Kier molecular flexibility index (Phi) is 5.01. The number of aromatic nitrogens is 2. The molecule has 0 bridgehead atoms. The van der Waals surface area contributed by atoms with Crippen LogP contribution >= 0.6 is 12.4 Å². The van der Waals surface area contributed by atoms with Crippen molar-refractivity contribution in [3.63, 3.8) is 0 Å². The molecule has 1 aliphatic rings. The van der Waals surface area contributed by atoms with Crippen LogP contribution in [0.5, 0.6) is 0 Å². The Balaban J connectivity index is 0.00000192. The van der Waals surface area contributed by atoms with Crippen molar-refractivity contribution in [2.24, 2.45) is 5.73 Å². The van der Waals surface area contributed by atoms with Crippen molar-refractivity contribution >= 4 is 18.1 Å². The number of rotatable bonds is 4. The molecular formula is C15H19ClN4O3. The lowest BCUT2D eigenvalue weighted by Crippen LogP contribution is -2.34. The molecule has 3 rings (SSSR count). The fraction of sp³-hybridized carbons (Fsp3) is 0.467. The molecule has 1 saturated carbocycles. The van der Waals surface area contributed by atoms with Gasteiger partial charge >= 0.3 is 0 Å². The second-order valence-corrected chi connectivity index (χ2v) is 5.74. The average molecular weight is 339 g/mol. The predicted molar refractivity (Wildman–Crippen MR) is 87.3 cm³/mol. The number of hydrogen-bond donors (Lipinski definition) is 1. The lowest BCUT2D eigenvalue weighted by molar-refractivity contribution is -0.385. The van der Waals surface area contributed by atoms with Crippen molar-refractivity contribution < 1.29 is 9.45 Å². The van der Waals surface area contributed by atoms with E-state index in [0.717, 1.165) is 25.7 Å². The van der Waals surface area contributed by atoms with Crippen molar-refractivity contribution in [3.05, 3.63) is 39.7 Å². The Hall–Kier alpha value is -1.99. The van der Waals surface area contributed by atoms with E-state index in [2.05, 4.69) is 10.1 Å². The fourth-order valence-corrected chi connectivity index (χ4v) is 2.94. The van der Waals surface area contributed by atoms with E-state index in [-0.39, 0.29) is 28.9 Å². The molecule has 2 N–H and O–H groups in total. The first kappa shape index (κ1) is 17.4. The number of halogens is 1. The number of hydrogen-bond acceptors (Lipinski definition) is 6. The van der Waals surface area contributed by atoms with Gasteiger partial charge in [-0.05, 0) is 25.3 Å². The second-order valence-electron chi connectivity index (χ2n) is 5.74. The molecule has 0 amide bonds. The molecule has 8 heteroatoms. The maximum Gasteiger partial charge on any atom is 0.273 e. The Morgan fingerprint density at radius 3 is 2.70 bits per heavy atom. The van der Waals surface area contributed by atoms with Gasteiger partial charge in [0.25, 0.3) is 11.6 Å². The van der Waals surface area contributed by atoms with Gasteiger partial charge in [0, 0.05) is 17.2 Å². The van der Waals surface area contributed by atoms with E-state index in [9.17, 15) is 10.1 Å². The van der Waals surface area contributed by atoms with E-state index in [0.29, 0.717) is 23.4 Å². The second kappa shape index (κ2) is 6.64. The molecule has 1 aromatic carbocycles. The highest BCUT2D eigenvalue weighted by Crippen LogP contribution is 2.36. The van der Waals surface area contributed by atoms with Crippen LogP contribution in [0.4, 0.5) is 5.69 Å². The number of nitrogens with two attached hydrogens (primary N) is 1. The minimum atomic E-state index is -0.531. The van der Waals surface area contributed by atoms with Gasteiger partial charge in [0.15, 0.2) is 5.82 Å². The summed E-state index contributed by atoms with van der Waals surface area (Å²) >= 11 is 0. The first-order chi connectivity index (χ1) is 10.5. The molecule has 1 aromatic heterocycles. The maximum absolute atomic E-state index is 11.1. The third-order valence-corrected chi connectivity index (χ3v) is 4.28.